The quantitative estimate of drug-likeness (QED) is 0.707. The van der Waals surface area contributed by atoms with Crippen molar-refractivity contribution in [2.75, 3.05) is 6.54 Å². The highest BCUT2D eigenvalue weighted by molar-refractivity contribution is 5.96. The molecule has 1 amide bonds. The second-order valence-electron chi connectivity index (χ2n) is 7.38. The predicted octanol–water partition coefficient (Wildman–Crippen LogP) is 3.06. The van der Waals surface area contributed by atoms with Gasteiger partial charge in [-0.25, -0.2) is 9.67 Å². The number of fused-ring (bicyclic) bond motifs is 2. The Hall–Kier alpha value is -2.99. The van der Waals surface area contributed by atoms with Crippen molar-refractivity contribution in [3.8, 4) is 0 Å². The fourth-order valence-corrected chi connectivity index (χ4v) is 4.22. The van der Waals surface area contributed by atoms with Gasteiger partial charge in [0, 0.05) is 18.5 Å². The van der Waals surface area contributed by atoms with Gasteiger partial charge in [0.05, 0.1) is 25.8 Å². The van der Waals surface area contributed by atoms with E-state index in [1.54, 1.807) is 0 Å². The highest BCUT2D eigenvalue weighted by atomic mass is 16.5. The van der Waals surface area contributed by atoms with Gasteiger partial charge >= 0.3 is 0 Å². The molecule has 0 fully saturated rings. The lowest BCUT2D eigenvalue weighted by atomic mass is 9.98. The maximum absolute atomic E-state index is 13.6. The molecule has 0 spiro atoms. The van der Waals surface area contributed by atoms with Gasteiger partial charge in [-0.2, -0.15) is 5.10 Å². The van der Waals surface area contributed by atoms with E-state index >= 15 is 0 Å². The number of nitrogens with zero attached hydrogens (tertiary/aromatic N) is 4. The van der Waals surface area contributed by atoms with Crippen LogP contribution in [0.25, 0.3) is 0 Å². The van der Waals surface area contributed by atoms with Gasteiger partial charge in [-0.05, 0) is 29.7 Å². The van der Waals surface area contributed by atoms with Crippen LogP contribution in [0.4, 0.5) is 0 Å². The predicted molar refractivity (Wildman–Crippen MR) is 104 cm³/mol. The van der Waals surface area contributed by atoms with Gasteiger partial charge in [-0.15, -0.1) is 0 Å². The number of aryl methyl sites for hydroxylation is 1. The molecule has 0 saturated heterocycles. The van der Waals surface area contributed by atoms with E-state index in [4.69, 9.17) is 4.74 Å². The number of carbonyl (C=O) groups is 1. The molecular formula is C22H22N4O2. The zero-order chi connectivity index (χ0) is 19.1. The summed E-state index contributed by atoms with van der Waals surface area (Å²) in [5.41, 5.74) is 4.06. The average Bonchev–Trinajstić information content (AvgIpc) is 3.34. The first-order valence-electron chi connectivity index (χ1n) is 9.65. The fraction of sp³-hybridized carbons (Fsp3) is 0.318. The SMILES string of the molecule is Cc1nc2n(n1)CCN(C(=O)c1cccc3c1COC3)[C@H]2Cc1ccccc1. The van der Waals surface area contributed by atoms with E-state index in [0.717, 1.165) is 34.8 Å². The summed E-state index contributed by atoms with van der Waals surface area (Å²) in [6.45, 7) is 4.27. The van der Waals surface area contributed by atoms with Crippen molar-refractivity contribution in [3.05, 3.63) is 82.4 Å². The van der Waals surface area contributed by atoms with Gasteiger partial charge in [-0.1, -0.05) is 42.5 Å². The average molecular weight is 374 g/mol. The summed E-state index contributed by atoms with van der Waals surface area (Å²) in [7, 11) is 0. The van der Waals surface area contributed by atoms with E-state index in [1.807, 2.05) is 52.9 Å². The first kappa shape index (κ1) is 17.1. The lowest BCUT2D eigenvalue weighted by molar-refractivity contribution is 0.0604. The summed E-state index contributed by atoms with van der Waals surface area (Å²) in [4.78, 5) is 20.2. The highest BCUT2D eigenvalue weighted by Crippen LogP contribution is 2.31. The van der Waals surface area contributed by atoms with Gasteiger partial charge in [0.15, 0.2) is 0 Å². The number of hydrogen-bond donors (Lipinski definition) is 0. The van der Waals surface area contributed by atoms with Crippen molar-refractivity contribution in [2.24, 2.45) is 0 Å². The molecule has 0 saturated carbocycles. The fourth-order valence-electron chi connectivity index (χ4n) is 4.22. The van der Waals surface area contributed by atoms with E-state index in [-0.39, 0.29) is 11.9 Å². The van der Waals surface area contributed by atoms with Crippen molar-refractivity contribution < 1.29 is 9.53 Å². The highest BCUT2D eigenvalue weighted by Gasteiger charge is 2.35. The molecule has 142 valence electrons. The minimum Gasteiger partial charge on any atom is -0.372 e. The van der Waals surface area contributed by atoms with Gasteiger partial charge < -0.3 is 9.64 Å². The van der Waals surface area contributed by atoms with Crippen LogP contribution >= 0.6 is 0 Å². The zero-order valence-electron chi connectivity index (χ0n) is 15.8. The Balaban J connectivity index is 1.54. The molecule has 6 heteroatoms. The molecule has 5 rings (SSSR count). The Morgan fingerprint density at radius 1 is 1.11 bits per heavy atom. The van der Waals surface area contributed by atoms with Crippen molar-refractivity contribution in [1.82, 2.24) is 19.7 Å². The summed E-state index contributed by atoms with van der Waals surface area (Å²) < 4.78 is 7.53. The first-order valence-corrected chi connectivity index (χ1v) is 9.65. The maximum atomic E-state index is 13.6. The second kappa shape index (κ2) is 6.87. The van der Waals surface area contributed by atoms with Crippen LogP contribution in [-0.4, -0.2) is 32.1 Å². The third kappa shape index (κ3) is 2.90. The summed E-state index contributed by atoms with van der Waals surface area (Å²) in [5.74, 6) is 1.66. The molecule has 28 heavy (non-hydrogen) atoms. The van der Waals surface area contributed by atoms with Gasteiger partial charge in [0.25, 0.3) is 5.91 Å². The third-order valence-corrected chi connectivity index (χ3v) is 5.57. The number of rotatable bonds is 3. The monoisotopic (exact) mass is 374 g/mol. The lowest BCUT2D eigenvalue weighted by Gasteiger charge is -2.35. The summed E-state index contributed by atoms with van der Waals surface area (Å²) in [5, 5.41) is 4.52. The topological polar surface area (TPSA) is 60.2 Å². The number of aromatic nitrogens is 3. The third-order valence-electron chi connectivity index (χ3n) is 5.57. The summed E-state index contributed by atoms with van der Waals surface area (Å²) in [6.07, 6.45) is 0.718. The molecule has 0 aliphatic carbocycles. The number of amides is 1. The Bertz CT molecular complexity index is 1030. The smallest absolute Gasteiger partial charge is 0.254 e. The first-order chi connectivity index (χ1) is 13.7. The maximum Gasteiger partial charge on any atom is 0.254 e. The van der Waals surface area contributed by atoms with E-state index in [1.165, 1.54) is 5.56 Å². The zero-order valence-corrected chi connectivity index (χ0v) is 15.8. The molecule has 0 bridgehead atoms. The lowest BCUT2D eigenvalue weighted by Crippen LogP contribution is -2.43. The molecule has 3 heterocycles. The van der Waals surface area contributed by atoms with Crippen LogP contribution in [0, 0.1) is 6.92 Å². The molecule has 0 unspecified atom stereocenters. The standard InChI is InChI=1S/C22H22N4O2/c1-15-23-21-20(12-16-6-3-2-4-7-16)25(10-11-26(21)24-15)22(27)18-9-5-8-17-13-28-14-19(17)18/h2-9,20H,10-14H2,1H3/t20-/m0/s1. The molecular weight excluding hydrogens is 352 g/mol. The normalized spacial score (nSPS) is 18.0. The van der Waals surface area contributed by atoms with Crippen LogP contribution in [0.2, 0.25) is 0 Å². The Labute approximate surface area is 163 Å². The number of hydrogen-bond acceptors (Lipinski definition) is 4. The summed E-state index contributed by atoms with van der Waals surface area (Å²) in [6, 6.07) is 16.0. The minimum atomic E-state index is -0.136. The largest absolute Gasteiger partial charge is 0.372 e. The van der Waals surface area contributed by atoms with E-state index in [9.17, 15) is 4.79 Å². The van der Waals surface area contributed by atoms with Gasteiger partial charge in [-0.3, -0.25) is 4.79 Å². The number of ether oxygens (including phenoxy) is 1. The molecule has 2 aliphatic heterocycles. The Kier molecular flexibility index (Phi) is 4.20. The minimum absolute atomic E-state index is 0.0511. The molecule has 1 atom stereocenters. The molecule has 3 aromatic rings. The van der Waals surface area contributed by atoms with Crippen LogP contribution < -0.4 is 0 Å². The Morgan fingerprint density at radius 3 is 2.82 bits per heavy atom. The summed E-state index contributed by atoms with van der Waals surface area (Å²) >= 11 is 0. The van der Waals surface area contributed by atoms with Crippen LogP contribution in [0.5, 0.6) is 0 Å². The van der Waals surface area contributed by atoms with E-state index in [2.05, 4.69) is 22.2 Å². The van der Waals surface area contributed by atoms with E-state index in [0.29, 0.717) is 26.3 Å². The Morgan fingerprint density at radius 2 is 1.96 bits per heavy atom. The van der Waals surface area contributed by atoms with Crippen molar-refractivity contribution >= 4 is 5.91 Å². The molecule has 2 aromatic carbocycles. The number of benzene rings is 2. The van der Waals surface area contributed by atoms with Crippen LogP contribution in [0.1, 0.15) is 44.7 Å². The molecule has 0 N–H and O–H groups in total. The van der Waals surface area contributed by atoms with Crippen molar-refractivity contribution in [1.29, 1.82) is 0 Å². The van der Waals surface area contributed by atoms with Gasteiger partial charge in [0.1, 0.15) is 11.6 Å². The molecule has 1 aromatic heterocycles. The van der Waals surface area contributed by atoms with Crippen LogP contribution in [0.15, 0.2) is 48.5 Å². The van der Waals surface area contributed by atoms with E-state index < -0.39 is 0 Å². The van der Waals surface area contributed by atoms with Crippen molar-refractivity contribution in [3.63, 3.8) is 0 Å². The van der Waals surface area contributed by atoms with Crippen LogP contribution in [0.3, 0.4) is 0 Å². The molecule has 0 radical (unpaired) electrons. The second-order valence-corrected chi connectivity index (χ2v) is 7.38. The molecule has 2 aliphatic rings. The van der Waals surface area contributed by atoms with Crippen LogP contribution in [-0.2, 0) is 30.9 Å². The molecule has 6 nitrogen and oxygen atoms in total. The van der Waals surface area contributed by atoms with Gasteiger partial charge in [0.2, 0.25) is 0 Å². The van der Waals surface area contributed by atoms with Crippen molar-refractivity contribution in [2.45, 2.75) is 39.1 Å². The number of carbonyl (C=O) groups excluding carboxylic acids is 1.